The first kappa shape index (κ1) is 18.2. The van der Waals surface area contributed by atoms with Crippen molar-refractivity contribution in [2.75, 3.05) is 11.9 Å². The lowest BCUT2D eigenvalue weighted by molar-refractivity contribution is -0.125. The summed E-state index contributed by atoms with van der Waals surface area (Å²) in [5.41, 5.74) is 0.904. The SMILES string of the molecule is CC1CC1C(=O)NCC(=O)Nc1ncc(Cc2cccc(Cl)c2Cl)s1. The number of rotatable bonds is 6. The Balaban J connectivity index is 1.52. The monoisotopic (exact) mass is 397 g/mol. The van der Waals surface area contributed by atoms with Gasteiger partial charge in [-0.3, -0.25) is 9.59 Å². The summed E-state index contributed by atoms with van der Waals surface area (Å²) in [7, 11) is 0. The first-order chi connectivity index (χ1) is 11.9. The highest BCUT2D eigenvalue weighted by molar-refractivity contribution is 7.15. The van der Waals surface area contributed by atoms with E-state index in [-0.39, 0.29) is 24.3 Å². The van der Waals surface area contributed by atoms with E-state index in [9.17, 15) is 9.59 Å². The summed E-state index contributed by atoms with van der Waals surface area (Å²) >= 11 is 13.6. The molecule has 0 bridgehead atoms. The largest absolute Gasteiger partial charge is 0.347 e. The van der Waals surface area contributed by atoms with E-state index in [1.807, 2.05) is 19.1 Å². The molecule has 2 N–H and O–H groups in total. The molecule has 1 saturated carbocycles. The maximum atomic E-state index is 11.9. The minimum Gasteiger partial charge on any atom is -0.347 e. The molecular weight excluding hydrogens is 381 g/mol. The van der Waals surface area contributed by atoms with Crippen LogP contribution in [0.3, 0.4) is 0 Å². The Morgan fingerprint density at radius 3 is 2.84 bits per heavy atom. The second kappa shape index (κ2) is 7.72. The van der Waals surface area contributed by atoms with Crippen LogP contribution in [0.5, 0.6) is 0 Å². The van der Waals surface area contributed by atoms with Crippen molar-refractivity contribution in [2.45, 2.75) is 19.8 Å². The summed E-state index contributed by atoms with van der Waals surface area (Å²) in [5, 5.41) is 6.88. The van der Waals surface area contributed by atoms with Gasteiger partial charge in [0.2, 0.25) is 11.8 Å². The number of amides is 2. The molecule has 2 amide bonds. The lowest BCUT2D eigenvalue weighted by Gasteiger charge is -2.04. The highest BCUT2D eigenvalue weighted by atomic mass is 35.5. The van der Waals surface area contributed by atoms with E-state index in [0.717, 1.165) is 16.9 Å². The second-order valence-electron chi connectivity index (χ2n) is 6.11. The molecule has 0 aliphatic heterocycles. The number of hydrogen-bond donors (Lipinski definition) is 2. The maximum Gasteiger partial charge on any atom is 0.245 e. The summed E-state index contributed by atoms with van der Waals surface area (Å²) in [4.78, 5) is 28.8. The molecule has 2 unspecified atom stereocenters. The molecule has 2 atom stereocenters. The van der Waals surface area contributed by atoms with E-state index in [1.165, 1.54) is 11.3 Å². The van der Waals surface area contributed by atoms with Gasteiger partial charge in [0.05, 0.1) is 16.6 Å². The quantitative estimate of drug-likeness (QED) is 0.779. The number of thiazole rings is 1. The Morgan fingerprint density at radius 1 is 1.36 bits per heavy atom. The number of anilines is 1. The first-order valence-electron chi connectivity index (χ1n) is 7.89. The van der Waals surface area contributed by atoms with Crippen LogP contribution in [0.1, 0.15) is 23.8 Å². The summed E-state index contributed by atoms with van der Waals surface area (Å²) in [6, 6.07) is 5.49. The topological polar surface area (TPSA) is 71.1 Å². The highest BCUT2D eigenvalue weighted by Crippen LogP contribution is 2.37. The van der Waals surface area contributed by atoms with Crippen molar-refractivity contribution in [1.29, 1.82) is 0 Å². The van der Waals surface area contributed by atoms with Crippen LogP contribution in [0.15, 0.2) is 24.4 Å². The number of nitrogens with zero attached hydrogens (tertiary/aromatic N) is 1. The second-order valence-corrected chi connectivity index (χ2v) is 8.01. The van der Waals surface area contributed by atoms with Crippen molar-refractivity contribution >= 4 is 51.5 Å². The van der Waals surface area contributed by atoms with Crippen LogP contribution in [-0.2, 0) is 16.0 Å². The zero-order chi connectivity index (χ0) is 18.0. The van der Waals surface area contributed by atoms with Crippen LogP contribution in [0.25, 0.3) is 0 Å². The average molecular weight is 398 g/mol. The highest BCUT2D eigenvalue weighted by Gasteiger charge is 2.38. The molecular formula is C17H17Cl2N3O2S. The zero-order valence-corrected chi connectivity index (χ0v) is 15.8. The van der Waals surface area contributed by atoms with E-state index in [0.29, 0.717) is 27.5 Å². The van der Waals surface area contributed by atoms with E-state index in [1.54, 1.807) is 12.3 Å². The van der Waals surface area contributed by atoms with E-state index < -0.39 is 0 Å². The molecule has 132 valence electrons. The number of aromatic nitrogens is 1. The van der Waals surface area contributed by atoms with Gasteiger partial charge in [0.1, 0.15) is 0 Å². The van der Waals surface area contributed by atoms with Crippen molar-refractivity contribution in [1.82, 2.24) is 10.3 Å². The summed E-state index contributed by atoms with van der Waals surface area (Å²) in [6.45, 7) is 1.98. The Morgan fingerprint density at radius 2 is 2.12 bits per heavy atom. The maximum absolute atomic E-state index is 11.9. The lowest BCUT2D eigenvalue weighted by Crippen LogP contribution is -2.34. The van der Waals surface area contributed by atoms with Crippen LogP contribution in [-0.4, -0.2) is 23.3 Å². The molecule has 0 spiro atoms. The molecule has 1 aliphatic rings. The third-order valence-electron chi connectivity index (χ3n) is 4.07. The molecule has 5 nitrogen and oxygen atoms in total. The van der Waals surface area contributed by atoms with Crippen LogP contribution in [0, 0.1) is 11.8 Å². The number of halogens is 2. The van der Waals surface area contributed by atoms with Gasteiger partial charge >= 0.3 is 0 Å². The standard InChI is InChI=1S/C17H17Cl2N3O2S/c1-9-5-12(9)16(24)20-8-14(23)22-17-21-7-11(25-17)6-10-3-2-4-13(18)15(10)19/h2-4,7,9,12H,5-6,8H2,1H3,(H,20,24)(H,21,22,23). The summed E-state index contributed by atoms with van der Waals surface area (Å²) < 4.78 is 0. The van der Waals surface area contributed by atoms with E-state index in [4.69, 9.17) is 23.2 Å². The molecule has 2 aromatic rings. The van der Waals surface area contributed by atoms with Gasteiger partial charge in [0.15, 0.2) is 5.13 Å². The van der Waals surface area contributed by atoms with Crippen molar-refractivity contribution in [3.63, 3.8) is 0 Å². The predicted molar refractivity (Wildman–Crippen MR) is 100 cm³/mol. The third kappa shape index (κ3) is 4.71. The van der Waals surface area contributed by atoms with Gasteiger partial charge < -0.3 is 10.6 Å². The molecule has 1 heterocycles. The molecule has 0 radical (unpaired) electrons. The molecule has 25 heavy (non-hydrogen) atoms. The van der Waals surface area contributed by atoms with Gasteiger partial charge in [-0.2, -0.15) is 0 Å². The number of hydrogen-bond acceptors (Lipinski definition) is 4. The fraction of sp³-hybridized carbons (Fsp3) is 0.353. The van der Waals surface area contributed by atoms with Crippen LogP contribution in [0.2, 0.25) is 10.0 Å². The number of carbonyl (C=O) groups is 2. The van der Waals surface area contributed by atoms with Crippen LogP contribution in [0.4, 0.5) is 5.13 Å². The van der Waals surface area contributed by atoms with Gasteiger partial charge in [0, 0.05) is 23.4 Å². The fourth-order valence-corrected chi connectivity index (χ4v) is 3.71. The minimum atomic E-state index is -0.289. The Hall–Kier alpha value is -1.63. The Labute approximate surface area is 159 Å². The van der Waals surface area contributed by atoms with Gasteiger partial charge in [-0.15, -0.1) is 11.3 Å². The number of carbonyl (C=O) groups excluding carboxylic acids is 2. The summed E-state index contributed by atoms with van der Waals surface area (Å²) in [5.74, 6) is 0.131. The van der Waals surface area contributed by atoms with Crippen LogP contribution >= 0.6 is 34.5 Å². The Kier molecular flexibility index (Phi) is 5.61. The molecule has 3 rings (SSSR count). The van der Waals surface area contributed by atoms with Crippen molar-refractivity contribution in [3.05, 3.63) is 44.9 Å². The molecule has 8 heteroatoms. The molecule has 1 aliphatic carbocycles. The average Bonchev–Trinajstić information content (AvgIpc) is 3.15. The smallest absolute Gasteiger partial charge is 0.245 e. The zero-order valence-electron chi connectivity index (χ0n) is 13.5. The van der Waals surface area contributed by atoms with Crippen molar-refractivity contribution in [3.8, 4) is 0 Å². The van der Waals surface area contributed by atoms with E-state index >= 15 is 0 Å². The third-order valence-corrected chi connectivity index (χ3v) is 5.84. The van der Waals surface area contributed by atoms with E-state index in [2.05, 4.69) is 15.6 Å². The first-order valence-corrected chi connectivity index (χ1v) is 9.46. The minimum absolute atomic E-state index is 0.0446. The van der Waals surface area contributed by atoms with Gasteiger partial charge in [-0.05, 0) is 24.0 Å². The van der Waals surface area contributed by atoms with Crippen LogP contribution < -0.4 is 10.6 Å². The predicted octanol–water partition coefficient (Wildman–Crippen LogP) is 3.75. The Bertz CT molecular complexity index is 809. The normalized spacial score (nSPS) is 18.7. The number of benzene rings is 1. The molecule has 0 saturated heterocycles. The molecule has 1 aromatic heterocycles. The van der Waals surface area contributed by atoms with Crippen molar-refractivity contribution < 1.29 is 9.59 Å². The van der Waals surface area contributed by atoms with Gasteiger partial charge in [-0.25, -0.2) is 4.98 Å². The fourth-order valence-electron chi connectivity index (χ4n) is 2.47. The number of nitrogens with one attached hydrogen (secondary N) is 2. The molecule has 1 aromatic carbocycles. The van der Waals surface area contributed by atoms with Gasteiger partial charge in [0.25, 0.3) is 0 Å². The van der Waals surface area contributed by atoms with Crippen molar-refractivity contribution in [2.24, 2.45) is 11.8 Å². The van der Waals surface area contributed by atoms with Gasteiger partial charge in [-0.1, -0.05) is 42.3 Å². The summed E-state index contributed by atoms with van der Waals surface area (Å²) in [6.07, 6.45) is 3.18. The lowest BCUT2D eigenvalue weighted by atomic mass is 10.1. The molecule has 1 fully saturated rings.